The number of hydrogen-bond acceptors (Lipinski definition) is 8. The molecule has 9 nitrogen and oxygen atoms in total. The molecular weight excluding hydrogens is 875 g/mol. The van der Waals surface area contributed by atoms with Gasteiger partial charge >= 0.3 is 0 Å². The molecule has 396 valence electrons. The Morgan fingerprint density at radius 1 is 0.500 bits per heavy atom. The number of carbonyl (C=O) groups excluding carboxylic acids is 1. The minimum absolute atomic E-state index is 0.152. The minimum atomic E-state index is -1.56. The van der Waals surface area contributed by atoms with Gasteiger partial charge in [0.15, 0.2) is 6.29 Å². The molecule has 9 heteroatoms. The number of aliphatic hydroxyl groups excluding tert-OH is 5. The number of hydrogen-bond donors (Lipinski definition) is 6. The first kappa shape index (κ1) is 64.3. The largest absolute Gasteiger partial charge is 0.394 e. The molecule has 1 saturated heterocycles. The van der Waals surface area contributed by atoms with E-state index in [1.807, 2.05) is 0 Å². The van der Waals surface area contributed by atoms with E-state index >= 15 is 0 Å². The molecule has 7 unspecified atom stereocenters. The summed E-state index contributed by atoms with van der Waals surface area (Å²) in [6.45, 7) is 3.62. The molecular formula is C61H99NO8. The van der Waals surface area contributed by atoms with E-state index in [1.165, 1.54) is 25.7 Å². The summed E-state index contributed by atoms with van der Waals surface area (Å²) in [5.41, 5.74) is 0. The van der Waals surface area contributed by atoms with Crippen LogP contribution in [0, 0.1) is 0 Å². The highest BCUT2D eigenvalue weighted by Crippen LogP contribution is 2.23. The van der Waals surface area contributed by atoms with Gasteiger partial charge in [0.2, 0.25) is 5.91 Å². The SMILES string of the molecule is CC/C=C\C/C=C\C/C=C\C/C=C\C/C=C\C/C=C\C/C=C\C/C=C\C/C=C\C/C=C\C/C=C\CCCCCCCCCC(=O)NC(COC1OC(CO)C(O)C(O)C1O)C(O)CCCCCCCC. The average molecular weight is 974 g/mol. The minimum Gasteiger partial charge on any atom is -0.394 e. The number of carbonyl (C=O) groups is 1. The molecule has 0 saturated carbocycles. The van der Waals surface area contributed by atoms with Gasteiger partial charge in [-0.05, 0) is 96.3 Å². The Balaban J connectivity index is 2.09. The van der Waals surface area contributed by atoms with Crippen molar-refractivity contribution in [3.05, 3.63) is 134 Å². The molecule has 0 spiro atoms. The van der Waals surface area contributed by atoms with Crippen molar-refractivity contribution in [1.29, 1.82) is 0 Å². The molecule has 1 amide bonds. The first-order chi connectivity index (χ1) is 34.3. The second kappa shape index (κ2) is 48.9. The Bertz CT molecular complexity index is 1550. The maximum Gasteiger partial charge on any atom is 0.220 e. The standard InChI is InChI=1S/C61H99NO8/c1-3-5-7-9-11-12-13-14-15-16-17-18-19-20-21-22-23-24-25-26-27-28-29-30-31-32-33-34-35-36-37-38-39-40-41-42-43-44-45-47-49-51-57(65)62-54(55(64)50-48-46-10-8-6-4-2)53-69-61-60(68)59(67)58(66)56(52-63)70-61/h5,7,11-12,14-15,17-18,20-21,23-24,26-27,29-30,32-33,35-36,38-39,54-56,58-61,63-64,66-68H,3-4,6,8-10,13,16,19,22,25,28,31,34,37,40-53H2,1-2H3,(H,62,65)/b7-5-,12-11-,15-14-,18-17-,21-20-,24-23-,27-26-,30-29-,33-32-,36-35-,39-38-. The van der Waals surface area contributed by atoms with Crippen molar-refractivity contribution < 1.29 is 39.8 Å². The van der Waals surface area contributed by atoms with E-state index < -0.39 is 49.5 Å². The molecule has 0 bridgehead atoms. The van der Waals surface area contributed by atoms with Crippen LogP contribution in [0.15, 0.2) is 134 Å². The van der Waals surface area contributed by atoms with Crippen molar-refractivity contribution in [3.8, 4) is 0 Å². The molecule has 6 N–H and O–H groups in total. The van der Waals surface area contributed by atoms with Crippen LogP contribution in [0.2, 0.25) is 0 Å². The van der Waals surface area contributed by atoms with E-state index in [4.69, 9.17) is 9.47 Å². The van der Waals surface area contributed by atoms with Crippen LogP contribution in [0.3, 0.4) is 0 Å². The van der Waals surface area contributed by atoms with Crippen LogP contribution in [-0.2, 0) is 14.3 Å². The summed E-state index contributed by atoms with van der Waals surface area (Å²) in [6, 6.07) is -0.730. The number of unbranched alkanes of at least 4 members (excludes halogenated alkanes) is 12. The van der Waals surface area contributed by atoms with Gasteiger partial charge in [-0.3, -0.25) is 4.79 Å². The summed E-state index contributed by atoms with van der Waals surface area (Å²) in [7, 11) is 0. The topological polar surface area (TPSA) is 149 Å². The van der Waals surface area contributed by atoms with E-state index in [0.717, 1.165) is 135 Å². The fraction of sp³-hybridized carbons (Fsp3) is 0.623. The molecule has 1 aliphatic heterocycles. The van der Waals surface area contributed by atoms with Crippen molar-refractivity contribution in [2.75, 3.05) is 13.2 Å². The van der Waals surface area contributed by atoms with Crippen molar-refractivity contribution in [2.24, 2.45) is 0 Å². The molecule has 1 rings (SSSR count). The third-order valence-electron chi connectivity index (χ3n) is 12.0. The van der Waals surface area contributed by atoms with Crippen LogP contribution in [0.1, 0.15) is 187 Å². The number of nitrogens with one attached hydrogen (secondary N) is 1. The van der Waals surface area contributed by atoms with Gasteiger partial charge in [-0.2, -0.15) is 0 Å². The summed E-state index contributed by atoms with van der Waals surface area (Å²) < 4.78 is 11.2. The summed E-state index contributed by atoms with van der Waals surface area (Å²) in [5.74, 6) is -0.168. The molecule has 70 heavy (non-hydrogen) atoms. The third-order valence-corrected chi connectivity index (χ3v) is 12.0. The van der Waals surface area contributed by atoms with Gasteiger partial charge in [0.05, 0.1) is 25.4 Å². The van der Waals surface area contributed by atoms with Gasteiger partial charge in [-0.15, -0.1) is 0 Å². The fourth-order valence-electron chi connectivity index (χ4n) is 7.69. The highest BCUT2D eigenvalue weighted by atomic mass is 16.7. The maximum atomic E-state index is 12.9. The van der Waals surface area contributed by atoms with E-state index in [9.17, 15) is 30.3 Å². The number of ether oxygens (including phenoxy) is 2. The highest BCUT2D eigenvalue weighted by Gasteiger charge is 2.44. The first-order valence-electron chi connectivity index (χ1n) is 27.4. The van der Waals surface area contributed by atoms with E-state index in [0.29, 0.717) is 12.8 Å². The average Bonchev–Trinajstić information content (AvgIpc) is 3.36. The molecule has 7 atom stereocenters. The predicted molar refractivity (Wildman–Crippen MR) is 294 cm³/mol. The van der Waals surface area contributed by atoms with Gasteiger partial charge in [-0.25, -0.2) is 0 Å². The van der Waals surface area contributed by atoms with Crippen LogP contribution in [0.5, 0.6) is 0 Å². The van der Waals surface area contributed by atoms with Crippen LogP contribution in [0.4, 0.5) is 0 Å². The Kier molecular flexibility index (Phi) is 45.0. The van der Waals surface area contributed by atoms with E-state index in [1.54, 1.807) is 0 Å². The number of amides is 1. The number of allylic oxidation sites excluding steroid dienone is 22. The van der Waals surface area contributed by atoms with Gasteiger partial charge in [0.1, 0.15) is 24.4 Å². The Morgan fingerprint density at radius 3 is 1.31 bits per heavy atom. The second-order valence-corrected chi connectivity index (χ2v) is 18.3. The molecule has 1 fully saturated rings. The molecule has 0 radical (unpaired) electrons. The lowest BCUT2D eigenvalue weighted by molar-refractivity contribution is -0.302. The smallest absolute Gasteiger partial charge is 0.220 e. The van der Waals surface area contributed by atoms with Gasteiger partial charge in [0.25, 0.3) is 0 Å². The van der Waals surface area contributed by atoms with E-state index in [2.05, 4.69) is 153 Å². The summed E-state index contributed by atoms with van der Waals surface area (Å²) in [4.78, 5) is 12.9. The molecule has 1 heterocycles. The van der Waals surface area contributed by atoms with Gasteiger partial charge in [-0.1, -0.05) is 218 Å². The molecule has 0 aromatic carbocycles. The highest BCUT2D eigenvalue weighted by molar-refractivity contribution is 5.76. The molecule has 0 aromatic rings. The molecule has 0 aromatic heterocycles. The van der Waals surface area contributed by atoms with Crippen molar-refractivity contribution >= 4 is 5.91 Å². The lowest BCUT2D eigenvalue weighted by Crippen LogP contribution is -2.60. The quantitative estimate of drug-likeness (QED) is 0.0261. The van der Waals surface area contributed by atoms with Crippen molar-refractivity contribution in [1.82, 2.24) is 5.32 Å². The zero-order chi connectivity index (χ0) is 50.8. The molecule has 0 aliphatic carbocycles. The number of rotatable bonds is 44. The lowest BCUT2D eigenvalue weighted by Gasteiger charge is -2.40. The van der Waals surface area contributed by atoms with Crippen LogP contribution >= 0.6 is 0 Å². The van der Waals surface area contributed by atoms with Crippen LogP contribution in [-0.4, -0.2) is 87.5 Å². The first-order valence-corrected chi connectivity index (χ1v) is 27.4. The third kappa shape index (κ3) is 38.1. The Morgan fingerprint density at radius 2 is 0.886 bits per heavy atom. The van der Waals surface area contributed by atoms with Gasteiger partial charge < -0.3 is 40.3 Å². The van der Waals surface area contributed by atoms with E-state index in [-0.39, 0.29) is 12.5 Å². The van der Waals surface area contributed by atoms with Crippen LogP contribution < -0.4 is 5.32 Å². The summed E-state index contributed by atoms with van der Waals surface area (Å²) in [5, 5.41) is 54.1. The van der Waals surface area contributed by atoms with Crippen LogP contribution in [0.25, 0.3) is 0 Å². The zero-order valence-electron chi connectivity index (χ0n) is 43.7. The summed E-state index contributed by atoms with van der Waals surface area (Å²) in [6.07, 6.45) is 68.1. The van der Waals surface area contributed by atoms with Crippen molar-refractivity contribution in [3.63, 3.8) is 0 Å². The van der Waals surface area contributed by atoms with Crippen molar-refractivity contribution in [2.45, 2.75) is 230 Å². The summed E-state index contributed by atoms with van der Waals surface area (Å²) >= 11 is 0. The Labute approximate surface area is 426 Å². The number of aliphatic hydroxyl groups is 5. The lowest BCUT2D eigenvalue weighted by atomic mass is 9.99. The maximum absolute atomic E-state index is 12.9. The van der Waals surface area contributed by atoms with Gasteiger partial charge in [0, 0.05) is 6.42 Å². The Hall–Kier alpha value is -3.67. The monoisotopic (exact) mass is 974 g/mol. The zero-order valence-corrected chi connectivity index (χ0v) is 43.7. The predicted octanol–water partition coefficient (Wildman–Crippen LogP) is 13.3. The molecule has 1 aliphatic rings. The fourth-order valence-corrected chi connectivity index (χ4v) is 7.69. The normalized spacial score (nSPS) is 20.5. The second-order valence-electron chi connectivity index (χ2n) is 18.3.